The molecule has 0 radical (unpaired) electrons. The molecule has 5 heteroatoms. The molecular weight excluding hydrogens is 222 g/mol. The van der Waals surface area contributed by atoms with Gasteiger partial charge in [0.1, 0.15) is 4.88 Å². The van der Waals surface area contributed by atoms with Crippen molar-refractivity contribution in [1.82, 2.24) is 0 Å². The van der Waals surface area contributed by atoms with Crippen molar-refractivity contribution in [3.05, 3.63) is 34.2 Å². The minimum absolute atomic E-state index is 0. The van der Waals surface area contributed by atoms with Gasteiger partial charge in [0.15, 0.2) is 5.76 Å². The number of aryl methyl sites for hydroxylation is 1. The molecule has 0 saturated carbocycles. The molecule has 3 nitrogen and oxygen atoms in total. The quantitative estimate of drug-likeness (QED) is 0.479. The molecule has 0 aromatic carbocycles. The minimum atomic E-state index is 0. The zero-order valence-electron chi connectivity index (χ0n) is 7.78. The highest BCUT2D eigenvalue weighted by Gasteiger charge is 2.20. The summed E-state index contributed by atoms with van der Waals surface area (Å²) in [6.07, 6.45) is 0. The minimum Gasteiger partial charge on any atom is -1.00 e. The first-order valence-electron chi connectivity index (χ1n) is 3.93. The summed E-state index contributed by atoms with van der Waals surface area (Å²) in [5.74, 6) is 1.07. The van der Waals surface area contributed by atoms with E-state index in [2.05, 4.69) is 0 Å². The number of rotatable bonds is 1. The van der Waals surface area contributed by atoms with Crippen LogP contribution in [0.1, 0.15) is 11.5 Å². The predicted molar refractivity (Wildman–Crippen MR) is 50.5 cm³/mol. The average molecular weight is 231 g/mol. The van der Waals surface area contributed by atoms with Gasteiger partial charge >= 0.3 is 5.89 Å². The number of halogens is 1. The third-order valence-electron chi connectivity index (χ3n) is 1.98. The molecule has 0 unspecified atom stereocenters. The lowest BCUT2D eigenvalue weighted by atomic mass is 10.4. The van der Waals surface area contributed by atoms with Gasteiger partial charge in [-0.05, 0) is 11.4 Å². The first-order chi connectivity index (χ1) is 6.20. The van der Waals surface area contributed by atoms with Gasteiger partial charge in [-0.3, -0.25) is 0 Å². The lowest BCUT2D eigenvalue weighted by Gasteiger charge is -1.93. The van der Waals surface area contributed by atoms with Gasteiger partial charge in [0.05, 0.1) is 0 Å². The normalized spacial score (nSPS) is 9.86. The van der Waals surface area contributed by atoms with Crippen molar-refractivity contribution in [1.29, 1.82) is 0 Å². The van der Waals surface area contributed by atoms with Crippen LogP contribution in [0.3, 0.4) is 0 Å². The number of thiophene rings is 1. The Morgan fingerprint density at radius 2 is 2.14 bits per heavy atom. The van der Waals surface area contributed by atoms with Crippen molar-refractivity contribution in [3.8, 4) is 10.8 Å². The van der Waals surface area contributed by atoms with E-state index < -0.39 is 0 Å². The van der Waals surface area contributed by atoms with Crippen molar-refractivity contribution < 1.29 is 21.6 Å². The van der Waals surface area contributed by atoms with Gasteiger partial charge in [-0.1, -0.05) is 6.07 Å². The molecule has 0 aliphatic rings. The van der Waals surface area contributed by atoms with Crippen LogP contribution in [0.4, 0.5) is 0 Å². The third-order valence-corrected chi connectivity index (χ3v) is 2.84. The second kappa shape index (κ2) is 4.02. The first kappa shape index (κ1) is 11.1. The number of hydrogen-bond donors (Lipinski definition) is 0. The zero-order chi connectivity index (χ0) is 9.42. The summed E-state index contributed by atoms with van der Waals surface area (Å²) in [6, 6.07) is 3.77. The highest BCUT2D eigenvalue weighted by Crippen LogP contribution is 2.23. The fraction of sp³-hybridized carbons (Fsp3) is 0.222. The molecule has 2 rings (SSSR count). The van der Waals surface area contributed by atoms with Gasteiger partial charge in [-0.25, -0.2) is 0 Å². The van der Waals surface area contributed by atoms with Gasteiger partial charge < -0.3 is 22.0 Å². The fourth-order valence-corrected chi connectivity index (χ4v) is 1.79. The molecule has 2 aromatic rings. The molecule has 0 N–H and O–H groups in total. The molecule has 0 aliphatic carbocycles. The van der Waals surface area contributed by atoms with Gasteiger partial charge in [0.2, 0.25) is 5.69 Å². The molecule has 0 atom stereocenters. The average Bonchev–Trinajstić information content (AvgIpc) is 2.70. The third kappa shape index (κ3) is 1.63. The Balaban J connectivity index is 0.000000980. The summed E-state index contributed by atoms with van der Waals surface area (Å²) in [5, 5.41) is 13.4. The van der Waals surface area contributed by atoms with E-state index in [0.717, 1.165) is 9.61 Å². The molecule has 0 aliphatic heterocycles. The van der Waals surface area contributed by atoms with Crippen molar-refractivity contribution in [2.45, 2.75) is 13.8 Å². The predicted octanol–water partition coefficient (Wildman–Crippen LogP) is -0.738. The molecule has 76 valence electrons. The largest absolute Gasteiger partial charge is 1.00 e. The number of nitrogens with zero attached hydrogens (tertiary/aromatic N) is 1. The van der Waals surface area contributed by atoms with E-state index in [4.69, 9.17) is 4.42 Å². The number of oxazole rings is 1. The summed E-state index contributed by atoms with van der Waals surface area (Å²) in [6.45, 7) is 3.55. The molecule has 0 spiro atoms. The topological polar surface area (TPSA) is 40.1 Å². The van der Waals surface area contributed by atoms with Crippen molar-refractivity contribution in [2.75, 3.05) is 0 Å². The standard InChI is InChI=1S/C9H9NO2S.ClH/c1-6-7(2)12-9(10(6)11)8-4-3-5-13-8;/h3-5H,1-2H3;1H/p-1. The van der Waals surface area contributed by atoms with Crippen LogP contribution < -0.4 is 17.1 Å². The number of aromatic nitrogens is 1. The van der Waals surface area contributed by atoms with Crippen LogP contribution >= 0.6 is 11.3 Å². The van der Waals surface area contributed by atoms with Crippen LogP contribution in [0.5, 0.6) is 0 Å². The summed E-state index contributed by atoms with van der Waals surface area (Å²) in [7, 11) is 0. The van der Waals surface area contributed by atoms with Gasteiger partial charge in [-0.2, -0.15) is 0 Å². The van der Waals surface area contributed by atoms with E-state index in [1.807, 2.05) is 17.5 Å². The Kier molecular flexibility index (Phi) is 3.18. The summed E-state index contributed by atoms with van der Waals surface area (Å²) >= 11 is 1.50. The maximum Gasteiger partial charge on any atom is 0.402 e. The van der Waals surface area contributed by atoms with E-state index >= 15 is 0 Å². The van der Waals surface area contributed by atoms with Crippen molar-refractivity contribution in [2.24, 2.45) is 0 Å². The molecule has 0 fully saturated rings. The Morgan fingerprint density at radius 3 is 2.57 bits per heavy atom. The Morgan fingerprint density at radius 1 is 1.43 bits per heavy atom. The van der Waals surface area contributed by atoms with Gasteiger partial charge in [0.25, 0.3) is 0 Å². The van der Waals surface area contributed by atoms with Crippen LogP contribution in [0, 0.1) is 19.1 Å². The molecule has 2 aromatic heterocycles. The fourth-order valence-electron chi connectivity index (χ4n) is 1.11. The summed E-state index contributed by atoms with van der Waals surface area (Å²) in [4.78, 5) is 0.867. The molecule has 0 amide bonds. The first-order valence-corrected chi connectivity index (χ1v) is 4.81. The SMILES string of the molecule is Cc1oc(-c2cccs2)[n+]([O-])c1C.[Cl-]. The maximum atomic E-state index is 11.5. The number of hydrogen-bond acceptors (Lipinski definition) is 3. The van der Waals surface area contributed by atoms with E-state index in [-0.39, 0.29) is 12.4 Å². The Hall–Kier alpha value is -1.00. The zero-order valence-corrected chi connectivity index (χ0v) is 9.35. The van der Waals surface area contributed by atoms with E-state index in [1.54, 1.807) is 13.8 Å². The molecule has 0 saturated heterocycles. The van der Waals surface area contributed by atoms with Crippen LogP contribution in [0.25, 0.3) is 10.8 Å². The van der Waals surface area contributed by atoms with Crippen molar-refractivity contribution >= 4 is 11.3 Å². The second-order valence-corrected chi connectivity index (χ2v) is 3.77. The van der Waals surface area contributed by atoms with Crippen LogP contribution in [0.2, 0.25) is 0 Å². The van der Waals surface area contributed by atoms with Crippen LogP contribution in [-0.4, -0.2) is 0 Å². The molecule has 0 bridgehead atoms. The van der Waals surface area contributed by atoms with Gasteiger partial charge in [0, 0.05) is 13.8 Å². The second-order valence-electron chi connectivity index (χ2n) is 2.82. The summed E-state index contributed by atoms with van der Waals surface area (Å²) in [5.41, 5.74) is 0.628. The van der Waals surface area contributed by atoms with Crippen LogP contribution in [-0.2, 0) is 0 Å². The lowest BCUT2D eigenvalue weighted by molar-refractivity contribution is -0.602. The van der Waals surface area contributed by atoms with Crippen LogP contribution in [0.15, 0.2) is 21.9 Å². The summed E-state index contributed by atoms with van der Waals surface area (Å²) < 4.78 is 6.18. The maximum absolute atomic E-state index is 11.5. The monoisotopic (exact) mass is 230 g/mol. The lowest BCUT2D eigenvalue weighted by Crippen LogP contribution is -3.00. The van der Waals surface area contributed by atoms with E-state index in [1.165, 1.54) is 11.3 Å². The molecular formula is C9H9ClNO2S-. The van der Waals surface area contributed by atoms with Gasteiger partial charge in [-0.15, -0.1) is 16.1 Å². The molecule has 2 heterocycles. The highest BCUT2D eigenvalue weighted by molar-refractivity contribution is 7.13. The molecule has 14 heavy (non-hydrogen) atoms. The smallest absolute Gasteiger partial charge is 0.402 e. The van der Waals surface area contributed by atoms with E-state index in [9.17, 15) is 5.21 Å². The van der Waals surface area contributed by atoms with E-state index in [0.29, 0.717) is 17.3 Å². The Bertz CT molecular complexity index is 422. The Labute approximate surface area is 92.0 Å². The van der Waals surface area contributed by atoms with Crippen molar-refractivity contribution in [3.63, 3.8) is 0 Å². The highest BCUT2D eigenvalue weighted by atomic mass is 35.5.